The highest BCUT2D eigenvalue weighted by atomic mass is 35.5. The van der Waals surface area contributed by atoms with E-state index in [1.807, 2.05) is 35.0 Å². The molecule has 29 heavy (non-hydrogen) atoms. The van der Waals surface area contributed by atoms with Crippen LogP contribution in [0.25, 0.3) is 22.3 Å². The Morgan fingerprint density at radius 1 is 1.03 bits per heavy atom. The number of hydrogen-bond donors (Lipinski definition) is 0. The van der Waals surface area contributed by atoms with Crippen molar-refractivity contribution in [2.24, 2.45) is 0 Å². The van der Waals surface area contributed by atoms with Gasteiger partial charge in [0.25, 0.3) is 0 Å². The highest BCUT2D eigenvalue weighted by molar-refractivity contribution is 6.35. The SMILES string of the molecule is CC(C)(C)n1nc(-c2cccc(OCc3c(Cl)cccc3Cl)c2)c2cncnc21. The third-order valence-corrected chi connectivity index (χ3v) is 5.24. The minimum absolute atomic E-state index is 0.209. The van der Waals surface area contributed by atoms with Gasteiger partial charge in [-0.2, -0.15) is 5.10 Å². The van der Waals surface area contributed by atoms with Gasteiger partial charge in [-0.15, -0.1) is 0 Å². The zero-order valence-corrected chi connectivity index (χ0v) is 17.9. The lowest BCUT2D eigenvalue weighted by Crippen LogP contribution is -2.23. The minimum Gasteiger partial charge on any atom is -0.489 e. The van der Waals surface area contributed by atoms with Crippen LogP contribution in [0, 0.1) is 0 Å². The molecule has 4 rings (SSSR count). The lowest BCUT2D eigenvalue weighted by molar-refractivity contribution is 0.306. The van der Waals surface area contributed by atoms with Crippen molar-refractivity contribution < 1.29 is 4.74 Å². The van der Waals surface area contributed by atoms with Crippen LogP contribution in [-0.4, -0.2) is 19.7 Å². The zero-order chi connectivity index (χ0) is 20.6. The Morgan fingerprint density at radius 2 is 1.76 bits per heavy atom. The van der Waals surface area contributed by atoms with E-state index in [0.717, 1.165) is 27.9 Å². The molecule has 0 saturated carbocycles. The van der Waals surface area contributed by atoms with Gasteiger partial charge in [-0.05, 0) is 45.0 Å². The Balaban J connectivity index is 1.70. The van der Waals surface area contributed by atoms with Crippen LogP contribution in [-0.2, 0) is 12.1 Å². The van der Waals surface area contributed by atoms with E-state index in [1.54, 1.807) is 24.7 Å². The molecule has 0 aliphatic rings. The standard InChI is InChI=1S/C22H20Cl2N4O/c1-22(2,3)28-21-16(11-25-13-26-21)20(27-28)14-6-4-7-15(10-14)29-12-17-18(23)8-5-9-19(17)24/h4-11,13H,12H2,1-3H3. The van der Waals surface area contributed by atoms with Crippen molar-refractivity contribution in [3.63, 3.8) is 0 Å². The topological polar surface area (TPSA) is 52.8 Å². The minimum atomic E-state index is -0.209. The van der Waals surface area contributed by atoms with Crippen molar-refractivity contribution in [3.05, 3.63) is 70.6 Å². The fourth-order valence-electron chi connectivity index (χ4n) is 3.10. The van der Waals surface area contributed by atoms with Gasteiger partial charge >= 0.3 is 0 Å². The predicted molar refractivity (Wildman–Crippen MR) is 117 cm³/mol. The fraction of sp³-hybridized carbons (Fsp3) is 0.227. The molecular formula is C22H20Cl2N4O. The summed E-state index contributed by atoms with van der Waals surface area (Å²) in [4.78, 5) is 8.63. The molecule has 0 amide bonds. The van der Waals surface area contributed by atoms with Gasteiger partial charge in [-0.3, -0.25) is 0 Å². The number of halogens is 2. The fourth-order valence-corrected chi connectivity index (χ4v) is 3.61. The molecule has 0 bridgehead atoms. The third-order valence-electron chi connectivity index (χ3n) is 4.53. The van der Waals surface area contributed by atoms with Gasteiger partial charge in [0.05, 0.1) is 10.9 Å². The van der Waals surface area contributed by atoms with Gasteiger partial charge in [0.2, 0.25) is 0 Å². The average molecular weight is 427 g/mol. The van der Waals surface area contributed by atoms with Crippen LogP contribution >= 0.6 is 23.2 Å². The summed E-state index contributed by atoms with van der Waals surface area (Å²) in [6.45, 7) is 6.57. The molecule has 7 heteroatoms. The number of aromatic nitrogens is 4. The number of rotatable bonds is 4. The highest BCUT2D eigenvalue weighted by Gasteiger charge is 2.22. The largest absolute Gasteiger partial charge is 0.489 e. The molecule has 0 aliphatic heterocycles. The molecule has 2 aromatic heterocycles. The van der Waals surface area contributed by atoms with Gasteiger partial charge in [-0.1, -0.05) is 41.4 Å². The molecule has 0 atom stereocenters. The number of hydrogen-bond acceptors (Lipinski definition) is 4. The van der Waals surface area contributed by atoms with Crippen LogP contribution in [0.2, 0.25) is 10.0 Å². The second-order valence-electron chi connectivity index (χ2n) is 7.71. The Kier molecular flexibility index (Phi) is 5.19. The Hall–Kier alpha value is -2.63. The van der Waals surface area contributed by atoms with E-state index in [0.29, 0.717) is 15.8 Å². The summed E-state index contributed by atoms with van der Waals surface area (Å²) in [6, 6.07) is 13.2. The van der Waals surface area contributed by atoms with Crippen LogP contribution < -0.4 is 4.74 Å². The number of nitrogens with zero attached hydrogens (tertiary/aromatic N) is 4. The lowest BCUT2D eigenvalue weighted by Gasteiger charge is -2.19. The van der Waals surface area contributed by atoms with Crippen molar-refractivity contribution in [1.82, 2.24) is 19.7 Å². The lowest BCUT2D eigenvalue weighted by atomic mass is 10.1. The molecule has 0 aliphatic carbocycles. The molecular weight excluding hydrogens is 407 g/mol. The van der Waals surface area contributed by atoms with E-state index < -0.39 is 0 Å². The molecule has 2 heterocycles. The summed E-state index contributed by atoms with van der Waals surface area (Å²) >= 11 is 12.5. The van der Waals surface area contributed by atoms with Gasteiger partial charge < -0.3 is 4.74 Å². The van der Waals surface area contributed by atoms with Crippen molar-refractivity contribution in [2.45, 2.75) is 32.9 Å². The number of ether oxygens (including phenoxy) is 1. The van der Waals surface area contributed by atoms with E-state index in [9.17, 15) is 0 Å². The molecule has 0 fully saturated rings. The molecule has 0 unspecified atom stereocenters. The first-order valence-electron chi connectivity index (χ1n) is 9.20. The van der Waals surface area contributed by atoms with Crippen molar-refractivity contribution in [3.8, 4) is 17.0 Å². The van der Waals surface area contributed by atoms with Crippen molar-refractivity contribution >= 4 is 34.2 Å². The van der Waals surface area contributed by atoms with E-state index >= 15 is 0 Å². The summed E-state index contributed by atoms with van der Waals surface area (Å²) < 4.78 is 7.89. The molecule has 2 aromatic carbocycles. The highest BCUT2D eigenvalue weighted by Crippen LogP contribution is 2.32. The molecule has 0 radical (unpaired) electrons. The summed E-state index contributed by atoms with van der Waals surface area (Å²) in [6.07, 6.45) is 3.34. The van der Waals surface area contributed by atoms with Gasteiger partial charge in [0.15, 0.2) is 5.65 Å². The first-order chi connectivity index (χ1) is 13.8. The predicted octanol–water partition coefficient (Wildman–Crippen LogP) is 6.13. The molecule has 0 spiro atoms. The Bertz CT molecular complexity index is 1160. The normalized spacial score (nSPS) is 11.8. The summed E-state index contributed by atoms with van der Waals surface area (Å²) in [5, 5.41) is 6.90. The first-order valence-corrected chi connectivity index (χ1v) is 9.95. The molecule has 4 aromatic rings. The van der Waals surface area contributed by atoms with Gasteiger partial charge in [-0.25, -0.2) is 14.6 Å². The first kappa shape index (κ1) is 19.7. The van der Waals surface area contributed by atoms with E-state index in [4.69, 9.17) is 33.0 Å². The molecule has 148 valence electrons. The quantitative estimate of drug-likeness (QED) is 0.393. The van der Waals surface area contributed by atoms with Crippen LogP contribution in [0.3, 0.4) is 0 Å². The van der Waals surface area contributed by atoms with E-state index in [2.05, 4.69) is 30.7 Å². The maximum Gasteiger partial charge on any atom is 0.162 e. The summed E-state index contributed by atoms with van der Waals surface area (Å²) in [5.41, 5.74) is 3.10. The zero-order valence-electron chi connectivity index (χ0n) is 16.4. The Labute approximate surface area is 179 Å². The van der Waals surface area contributed by atoms with Crippen LogP contribution in [0.15, 0.2) is 55.0 Å². The molecule has 5 nitrogen and oxygen atoms in total. The monoisotopic (exact) mass is 426 g/mol. The number of benzene rings is 2. The van der Waals surface area contributed by atoms with Crippen LogP contribution in [0.5, 0.6) is 5.75 Å². The smallest absolute Gasteiger partial charge is 0.162 e. The number of fused-ring (bicyclic) bond motifs is 1. The van der Waals surface area contributed by atoms with Crippen molar-refractivity contribution in [2.75, 3.05) is 0 Å². The molecule has 0 N–H and O–H groups in total. The average Bonchev–Trinajstić information content (AvgIpc) is 3.08. The summed E-state index contributed by atoms with van der Waals surface area (Å²) in [7, 11) is 0. The van der Waals surface area contributed by atoms with Crippen molar-refractivity contribution in [1.29, 1.82) is 0 Å². The maximum atomic E-state index is 6.24. The van der Waals surface area contributed by atoms with Gasteiger partial charge in [0.1, 0.15) is 24.4 Å². The summed E-state index contributed by atoms with van der Waals surface area (Å²) in [5.74, 6) is 0.703. The Morgan fingerprint density at radius 3 is 2.48 bits per heavy atom. The maximum absolute atomic E-state index is 6.24. The van der Waals surface area contributed by atoms with E-state index in [1.165, 1.54) is 0 Å². The second kappa shape index (κ2) is 7.65. The van der Waals surface area contributed by atoms with E-state index in [-0.39, 0.29) is 12.1 Å². The van der Waals surface area contributed by atoms with Crippen LogP contribution in [0.4, 0.5) is 0 Å². The van der Waals surface area contributed by atoms with Gasteiger partial charge in [0, 0.05) is 27.4 Å². The third kappa shape index (κ3) is 3.93. The second-order valence-corrected chi connectivity index (χ2v) is 8.52. The van der Waals surface area contributed by atoms with Crippen LogP contribution in [0.1, 0.15) is 26.3 Å². The molecule has 0 saturated heterocycles.